The Labute approximate surface area is 188 Å². The number of para-hydroxylation sites is 1. The van der Waals surface area contributed by atoms with Crippen LogP contribution in [0.4, 0.5) is 10.1 Å². The lowest BCUT2D eigenvalue weighted by atomic mass is 10.0. The van der Waals surface area contributed by atoms with Crippen LogP contribution in [-0.4, -0.2) is 33.1 Å². The Morgan fingerprint density at radius 2 is 2.13 bits per heavy atom. The van der Waals surface area contributed by atoms with Crippen LogP contribution in [0, 0.1) is 5.82 Å². The Kier molecular flexibility index (Phi) is 6.33. The molecular weight excluding hydrogens is 441 g/mol. The second-order valence-electron chi connectivity index (χ2n) is 6.99. The predicted octanol–water partition coefficient (Wildman–Crippen LogP) is 4.43. The number of fused-ring (bicyclic) bond motifs is 1. The fourth-order valence-corrected chi connectivity index (χ4v) is 4.74. The molecule has 0 fully saturated rings. The van der Waals surface area contributed by atoms with Gasteiger partial charge < -0.3 is 15.5 Å². The Morgan fingerprint density at radius 1 is 1.32 bits per heavy atom. The maximum absolute atomic E-state index is 14.1. The van der Waals surface area contributed by atoms with Crippen LogP contribution in [0.2, 0.25) is 5.02 Å². The van der Waals surface area contributed by atoms with E-state index in [-0.39, 0.29) is 11.6 Å². The molecule has 10 heteroatoms. The maximum atomic E-state index is 14.1. The molecule has 2 atom stereocenters. The summed E-state index contributed by atoms with van der Waals surface area (Å²) in [7, 11) is 1.54. The van der Waals surface area contributed by atoms with E-state index in [1.807, 2.05) is 10.7 Å². The predicted molar refractivity (Wildman–Crippen MR) is 119 cm³/mol. The molecule has 31 heavy (non-hydrogen) atoms. The molecule has 0 unspecified atom stereocenters. The Hall–Kier alpha value is -2.78. The number of ether oxygens (including phenoxy) is 1. The van der Waals surface area contributed by atoms with Crippen molar-refractivity contribution in [2.24, 2.45) is 0 Å². The zero-order valence-electron chi connectivity index (χ0n) is 16.9. The average Bonchev–Trinajstić information content (AvgIpc) is 3.16. The molecule has 3 aromatic rings. The van der Waals surface area contributed by atoms with Gasteiger partial charge in [-0.2, -0.15) is 0 Å². The molecule has 162 valence electrons. The van der Waals surface area contributed by atoms with Crippen LogP contribution in [0.3, 0.4) is 0 Å². The molecule has 2 N–H and O–H groups in total. The summed E-state index contributed by atoms with van der Waals surface area (Å²) in [6, 6.07) is 11.0. The first-order valence-corrected chi connectivity index (χ1v) is 11.0. The molecule has 1 amide bonds. The van der Waals surface area contributed by atoms with Crippen LogP contribution in [0.5, 0.6) is 5.75 Å². The number of amides is 1. The number of carbonyl (C=O) groups is 1. The smallest absolute Gasteiger partial charge is 0.240 e. The van der Waals surface area contributed by atoms with Crippen molar-refractivity contribution in [3.05, 3.63) is 64.7 Å². The number of anilines is 1. The van der Waals surface area contributed by atoms with Crippen molar-refractivity contribution in [2.75, 3.05) is 17.9 Å². The first kappa shape index (κ1) is 21.5. The summed E-state index contributed by atoms with van der Waals surface area (Å²) in [5.74, 6) is 0.466. The monoisotopic (exact) mass is 461 g/mol. The summed E-state index contributed by atoms with van der Waals surface area (Å²) < 4.78 is 21.2. The summed E-state index contributed by atoms with van der Waals surface area (Å²) in [5, 5.41) is 11.5. The van der Waals surface area contributed by atoms with Crippen LogP contribution in [0.25, 0.3) is 0 Å². The summed E-state index contributed by atoms with van der Waals surface area (Å²) in [4.78, 5) is 13.2. The Morgan fingerprint density at radius 3 is 2.84 bits per heavy atom. The van der Waals surface area contributed by atoms with Crippen molar-refractivity contribution in [3.8, 4) is 5.75 Å². The standard InChI is InChI=1S/C21H21ClFN5O2S/c1-3-6-17-25-26-21-28(17)27-18(12-9-10-16(30-2)13(22)11-12)19(31-21)20(29)24-15-8-5-4-7-14(15)23/h4-5,7-11,18-19,27H,3,6H2,1-2H3,(H,24,29)/t18-,19+/m1/s1. The molecule has 0 bridgehead atoms. The van der Waals surface area contributed by atoms with Crippen LogP contribution in [0.15, 0.2) is 47.6 Å². The van der Waals surface area contributed by atoms with Gasteiger partial charge in [0.25, 0.3) is 0 Å². The highest BCUT2D eigenvalue weighted by Gasteiger charge is 2.38. The van der Waals surface area contributed by atoms with E-state index in [1.54, 1.807) is 31.4 Å². The molecule has 0 saturated carbocycles. The van der Waals surface area contributed by atoms with Crippen molar-refractivity contribution in [1.29, 1.82) is 0 Å². The summed E-state index contributed by atoms with van der Waals surface area (Å²) in [6.45, 7) is 2.06. The lowest BCUT2D eigenvalue weighted by Gasteiger charge is -2.33. The van der Waals surface area contributed by atoms with Gasteiger partial charge in [-0.15, -0.1) is 10.2 Å². The molecule has 7 nitrogen and oxygen atoms in total. The number of methoxy groups -OCH3 is 1. The third-order valence-corrected chi connectivity index (χ3v) is 6.41. The molecule has 1 aliphatic rings. The summed E-state index contributed by atoms with van der Waals surface area (Å²) in [6.07, 6.45) is 1.64. The lowest BCUT2D eigenvalue weighted by molar-refractivity contribution is -0.116. The van der Waals surface area contributed by atoms with Crippen molar-refractivity contribution in [3.63, 3.8) is 0 Å². The van der Waals surface area contributed by atoms with Crippen LogP contribution in [-0.2, 0) is 11.2 Å². The first-order chi connectivity index (χ1) is 15.0. The van der Waals surface area contributed by atoms with E-state index in [9.17, 15) is 9.18 Å². The first-order valence-electron chi connectivity index (χ1n) is 9.78. The minimum Gasteiger partial charge on any atom is -0.495 e. The van der Waals surface area contributed by atoms with Gasteiger partial charge in [0.2, 0.25) is 11.1 Å². The molecule has 1 aliphatic heterocycles. The third kappa shape index (κ3) is 4.33. The largest absolute Gasteiger partial charge is 0.495 e. The topological polar surface area (TPSA) is 81.1 Å². The Balaban J connectivity index is 1.70. The van der Waals surface area contributed by atoms with Crippen LogP contribution in [0.1, 0.15) is 30.8 Å². The van der Waals surface area contributed by atoms with Gasteiger partial charge in [0.05, 0.1) is 23.9 Å². The number of hydrogen-bond acceptors (Lipinski definition) is 6. The highest BCUT2D eigenvalue weighted by Crippen LogP contribution is 2.39. The third-order valence-electron chi connectivity index (χ3n) is 4.90. The van der Waals surface area contributed by atoms with Gasteiger partial charge in [-0.05, 0) is 36.2 Å². The molecule has 2 aromatic carbocycles. The maximum Gasteiger partial charge on any atom is 0.240 e. The van der Waals surface area contributed by atoms with Crippen molar-refractivity contribution >= 4 is 35.0 Å². The zero-order valence-corrected chi connectivity index (χ0v) is 18.5. The van der Waals surface area contributed by atoms with Crippen molar-refractivity contribution in [2.45, 2.75) is 36.2 Å². The number of thioether (sulfide) groups is 1. The number of aromatic nitrogens is 3. The lowest BCUT2D eigenvalue weighted by Crippen LogP contribution is -2.41. The normalized spacial score (nSPS) is 17.5. The molecule has 1 aromatic heterocycles. The van der Waals surface area contributed by atoms with Crippen molar-refractivity contribution in [1.82, 2.24) is 14.9 Å². The van der Waals surface area contributed by atoms with Gasteiger partial charge in [-0.3, -0.25) is 4.79 Å². The minimum absolute atomic E-state index is 0.123. The number of benzene rings is 2. The molecular formula is C21H21ClFN5O2S. The number of halogens is 2. The van der Waals surface area contributed by atoms with Crippen LogP contribution >= 0.6 is 23.4 Å². The average molecular weight is 462 g/mol. The van der Waals surface area contributed by atoms with Crippen molar-refractivity contribution < 1.29 is 13.9 Å². The molecule has 4 rings (SSSR count). The van der Waals surface area contributed by atoms with E-state index in [2.05, 4.69) is 27.9 Å². The second-order valence-corrected chi connectivity index (χ2v) is 8.51. The van der Waals surface area contributed by atoms with Gasteiger partial charge in [-0.25, -0.2) is 9.07 Å². The molecule has 0 saturated heterocycles. The fraction of sp³-hybridized carbons (Fsp3) is 0.286. The molecule has 0 aliphatic carbocycles. The van der Waals surface area contributed by atoms with E-state index in [1.165, 1.54) is 23.9 Å². The Bertz CT molecular complexity index is 1110. The number of nitrogens with one attached hydrogen (secondary N) is 2. The summed E-state index contributed by atoms with van der Waals surface area (Å²) in [5.41, 5.74) is 4.27. The summed E-state index contributed by atoms with van der Waals surface area (Å²) >= 11 is 7.62. The number of carbonyl (C=O) groups excluding carboxylic acids is 1. The van der Waals surface area contributed by atoms with E-state index in [4.69, 9.17) is 16.3 Å². The van der Waals surface area contributed by atoms with E-state index >= 15 is 0 Å². The number of rotatable bonds is 6. The van der Waals surface area contributed by atoms with E-state index < -0.39 is 17.1 Å². The SMILES string of the molecule is CCCc1nnc2n1N[C@H](c1ccc(OC)c(Cl)c1)[C@@H](C(=O)Nc1ccccc1F)S2. The fourth-order valence-electron chi connectivity index (χ4n) is 3.38. The molecule has 2 heterocycles. The minimum atomic E-state index is -0.643. The van der Waals surface area contributed by atoms with Crippen LogP contribution < -0.4 is 15.5 Å². The quantitative estimate of drug-likeness (QED) is 0.565. The van der Waals surface area contributed by atoms with Gasteiger partial charge in [0, 0.05) is 6.42 Å². The van der Waals surface area contributed by atoms with E-state index in [0.717, 1.165) is 24.2 Å². The molecule has 0 radical (unpaired) electrons. The van der Waals surface area contributed by atoms with Gasteiger partial charge in [0.15, 0.2) is 5.82 Å². The molecule has 0 spiro atoms. The highest BCUT2D eigenvalue weighted by atomic mass is 35.5. The number of nitrogens with zero attached hydrogens (tertiary/aromatic N) is 3. The van der Waals surface area contributed by atoms with E-state index in [0.29, 0.717) is 15.9 Å². The highest BCUT2D eigenvalue weighted by molar-refractivity contribution is 8.00. The number of aryl methyl sites for hydroxylation is 1. The van der Waals surface area contributed by atoms with Gasteiger partial charge in [0.1, 0.15) is 16.8 Å². The number of hydrogen-bond donors (Lipinski definition) is 2. The van der Waals surface area contributed by atoms with Gasteiger partial charge in [-0.1, -0.05) is 48.5 Å². The van der Waals surface area contributed by atoms with Gasteiger partial charge >= 0.3 is 0 Å². The zero-order chi connectivity index (χ0) is 22.0. The second kappa shape index (κ2) is 9.15.